The molecule has 2 nitrogen and oxygen atoms in total. The number of carbonyl (C=O) groups is 1. The molecule has 2 heteroatoms. The molecule has 0 radical (unpaired) electrons. The summed E-state index contributed by atoms with van der Waals surface area (Å²) < 4.78 is 4.51. The third kappa shape index (κ3) is 10.7. The Hall–Kier alpha value is -1.23. The topological polar surface area (TPSA) is 26.3 Å². The summed E-state index contributed by atoms with van der Waals surface area (Å²) in [5.41, 5.74) is 0. The molecule has 0 heterocycles. The monoisotopic (exact) mass is 208 g/mol. The molecule has 0 fully saturated rings. The van der Waals surface area contributed by atoms with E-state index in [-0.39, 0.29) is 5.97 Å². The van der Waals surface area contributed by atoms with E-state index in [0.717, 1.165) is 6.42 Å². The third-order valence-electron chi connectivity index (χ3n) is 1.95. The molecule has 0 rings (SSSR count). The molecule has 0 N–H and O–H groups in total. The smallest absolute Gasteiger partial charge is 0.305 e. The first-order chi connectivity index (χ1) is 7.31. The van der Waals surface area contributed by atoms with Crippen molar-refractivity contribution in [1.29, 1.82) is 0 Å². The summed E-state index contributed by atoms with van der Waals surface area (Å²) in [4.78, 5) is 10.7. The molecule has 0 bridgehead atoms. The van der Waals surface area contributed by atoms with Gasteiger partial charge in [-0.1, -0.05) is 37.7 Å². The van der Waals surface area contributed by atoms with Gasteiger partial charge in [-0.15, -0.1) is 0 Å². The summed E-state index contributed by atoms with van der Waals surface area (Å²) in [6.45, 7) is 2.18. The largest absolute Gasteiger partial charge is 0.469 e. The summed E-state index contributed by atoms with van der Waals surface area (Å²) in [7, 11) is 1.40. The van der Waals surface area contributed by atoms with Crippen LogP contribution >= 0.6 is 0 Å². The van der Waals surface area contributed by atoms with Crippen molar-refractivity contribution in [2.45, 2.75) is 45.4 Å². The van der Waals surface area contributed by atoms with Gasteiger partial charge in [0.05, 0.1) is 7.11 Å². The van der Waals surface area contributed by atoms with Crippen LogP contribution in [0.1, 0.15) is 45.4 Å². The fraction of sp³-hybridized carbons (Fsp3) is 0.615. The molecular weight excluding hydrogens is 188 g/mol. The van der Waals surface area contributed by atoms with E-state index in [4.69, 9.17) is 0 Å². The number of hydrogen-bond acceptors (Lipinski definition) is 2. The Morgan fingerprint density at radius 1 is 1.40 bits per heavy atom. The van der Waals surface area contributed by atoms with Crippen molar-refractivity contribution in [2.75, 3.05) is 7.11 Å². The number of esters is 1. The molecule has 84 valence electrons. The van der Waals surface area contributed by atoms with Crippen molar-refractivity contribution in [2.24, 2.45) is 0 Å². The predicted octanol–water partition coefficient (Wildman–Crippen LogP) is 3.08. The molecule has 0 saturated heterocycles. The summed E-state index contributed by atoms with van der Waals surface area (Å²) in [6, 6.07) is 0. The highest BCUT2D eigenvalue weighted by Gasteiger charge is 1.94. The number of unbranched alkanes of at least 4 members (excludes halogenated alkanes) is 3. The SMILES string of the molecule is CCCCCC#C/C=C/CCC(=O)OC. The lowest BCUT2D eigenvalue weighted by Crippen LogP contribution is -1.97. The van der Waals surface area contributed by atoms with E-state index in [2.05, 4.69) is 23.5 Å². The average Bonchev–Trinajstić information content (AvgIpc) is 2.26. The highest BCUT2D eigenvalue weighted by atomic mass is 16.5. The van der Waals surface area contributed by atoms with Gasteiger partial charge in [-0.05, 0) is 18.9 Å². The van der Waals surface area contributed by atoms with Crippen molar-refractivity contribution >= 4 is 5.97 Å². The highest BCUT2D eigenvalue weighted by Crippen LogP contribution is 1.97. The van der Waals surface area contributed by atoms with Crippen molar-refractivity contribution < 1.29 is 9.53 Å². The summed E-state index contributed by atoms with van der Waals surface area (Å²) >= 11 is 0. The molecule has 0 spiro atoms. The van der Waals surface area contributed by atoms with Gasteiger partial charge in [0.25, 0.3) is 0 Å². The van der Waals surface area contributed by atoms with E-state index in [1.165, 1.54) is 26.4 Å². The molecule has 0 aliphatic rings. The summed E-state index contributed by atoms with van der Waals surface area (Å²) in [5, 5.41) is 0. The minimum absolute atomic E-state index is 0.171. The minimum Gasteiger partial charge on any atom is -0.469 e. The molecule has 15 heavy (non-hydrogen) atoms. The van der Waals surface area contributed by atoms with Crippen LogP contribution in [0.25, 0.3) is 0 Å². The van der Waals surface area contributed by atoms with E-state index in [1.807, 2.05) is 12.2 Å². The van der Waals surface area contributed by atoms with Crippen LogP contribution in [-0.2, 0) is 9.53 Å². The Kier molecular flexibility index (Phi) is 9.96. The van der Waals surface area contributed by atoms with E-state index in [1.54, 1.807) is 0 Å². The predicted molar refractivity (Wildman–Crippen MR) is 62.3 cm³/mol. The van der Waals surface area contributed by atoms with Crippen molar-refractivity contribution in [1.82, 2.24) is 0 Å². The zero-order valence-corrected chi connectivity index (χ0v) is 9.71. The van der Waals surface area contributed by atoms with Crippen LogP contribution in [0.2, 0.25) is 0 Å². The lowest BCUT2D eigenvalue weighted by Gasteiger charge is -1.92. The number of carbonyl (C=O) groups excluding carboxylic acids is 1. The lowest BCUT2D eigenvalue weighted by molar-refractivity contribution is -0.140. The molecule has 0 aliphatic carbocycles. The van der Waals surface area contributed by atoms with Crippen LogP contribution in [0, 0.1) is 11.8 Å². The van der Waals surface area contributed by atoms with E-state index < -0.39 is 0 Å². The van der Waals surface area contributed by atoms with Gasteiger partial charge < -0.3 is 4.74 Å². The first kappa shape index (κ1) is 13.8. The molecule has 0 aromatic heterocycles. The van der Waals surface area contributed by atoms with Crippen LogP contribution in [-0.4, -0.2) is 13.1 Å². The molecule has 0 amide bonds. The standard InChI is InChI=1S/C13H20O2/c1-3-4-5-6-7-8-9-10-11-12-13(14)15-2/h9-10H,3-6,11-12H2,1-2H3/b10-9+. The summed E-state index contributed by atoms with van der Waals surface area (Å²) in [5.74, 6) is 5.85. The zero-order chi connectivity index (χ0) is 11.4. The van der Waals surface area contributed by atoms with Gasteiger partial charge in [-0.3, -0.25) is 4.79 Å². The van der Waals surface area contributed by atoms with Crippen LogP contribution in [0.15, 0.2) is 12.2 Å². The molecule has 0 aromatic rings. The minimum atomic E-state index is -0.171. The fourth-order valence-electron chi connectivity index (χ4n) is 1.04. The normalized spacial score (nSPS) is 9.73. The van der Waals surface area contributed by atoms with Crippen molar-refractivity contribution in [3.63, 3.8) is 0 Å². The number of hydrogen-bond donors (Lipinski definition) is 0. The van der Waals surface area contributed by atoms with E-state index in [9.17, 15) is 4.79 Å². The van der Waals surface area contributed by atoms with Crippen molar-refractivity contribution in [3.05, 3.63) is 12.2 Å². The highest BCUT2D eigenvalue weighted by molar-refractivity contribution is 5.69. The Bertz CT molecular complexity index is 243. The Morgan fingerprint density at radius 2 is 2.20 bits per heavy atom. The second-order valence-corrected chi connectivity index (χ2v) is 3.30. The van der Waals surface area contributed by atoms with E-state index in [0.29, 0.717) is 12.8 Å². The van der Waals surface area contributed by atoms with Crippen LogP contribution < -0.4 is 0 Å². The van der Waals surface area contributed by atoms with Gasteiger partial charge in [0.2, 0.25) is 0 Å². The number of rotatable bonds is 6. The Balaban J connectivity index is 3.40. The van der Waals surface area contributed by atoms with Crippen LogP contribution in [0.3, 0.4) is 0 Å². The molecule has 0 aromatic carbocycles. The maximum Gasteiger partial charge on any atom is 0.305 e. The van der Waals surface area contributed by atoms with Crippen LogP contribution in [0.5, 0.6) is 0 Å². The summed E-state index contributed by atoms with van der Waals surface area (Å²) in [6.07, 6.45) is 9.49. The van der Waals surface area contributed by atoms with Gasteiger partial charge in [0, 0.05) is 12.8 Å². The first-order valence-corrected chi connectivity index (χ1v) is 5.51. The van der Waals surface area contributed by atoms with Gasteiger partial charge in [-0.25, -0.2) is 0 Å². The fourth-order valence-corrected chi connectivity index (χ4v) is 1.04. The maximum atomic E-state index is 10.7. The van der Waals surface area contributed by atoms with E-state index >= 15 is 0 Å². The van der Waals surface area contributed by atoms with Gasteiger partial charge in [0.1, 0.15) is 0 Å². The second-order valence-electron chi connectivity index (χ2n) is 3.30. The Labute approximate surface area is 92.7 Å². The molecule has 0 unspecified atom stereocenters. The zero-order valence-electron chi connectivity index (χ0n) is 9.71. The average molecular weight is 208 g/mol. The number of allylic oxidation sites excluding steroid dienone is 2. The maximum absolute atomic E-state index is 10.7. The molecule has 0 saturated carbocycles. The molecule has 0 aliphatic heterocycles. The van der Waals surface area contributed by atoms with Gasteiger partial charge in [-0.2, -0.15) is 0 Å². The lowest BCUT2D eigenvalue weighted by atomic mass is 10.2. The number of methoxy groups -OCH3 is 1. The first-order valence-electron chi connectivity index (χ1n) is 5.51. The second kappa shape index (κ2) is 10.8. The molecular formula is C13H20O2. The number of ether oxygens (including phenoxy) is 1. The quantitative estimate of drug-likeness (QED) is 0.381. The van der Waals surface area contributed by atoms with Gasteiger partial charge in [0.15, 0.2) is 0 Å². The molecule has 0 atom stereocenters. The van der Waals surface area contributed by atoms with Crippen molar-refractivity contribution in [3.8, 4) is 11.8 Å². The van der Waals surface area contributed by atoms with Gasteiger partial charge >= 0.3 is 5.97 Å². The third-order valence-corrected chi connectivity index (χ3v) is 1.95. The van der Waals surface area contributed by atoms with Crippen LogP contribution in [0.4, 0.5) is 0 Å². The Morgan fingerprint density at radius 3 is 2.87 bits per heavy atom.